The van der Waals surface area contributed by atoms with Crippen molar-refractivity contribution in [3.63, 3.8) is 0 Å². The monoisotopic (exact) mass is 261 g/mol. The van der Waals surface area contributed by atoms with E-state index < -0.39 is 11.5 Å². The average molecular weight is 261 g/mol. The Morgan fingerprint density at radius 2 is 2.05 bits per heavy atom. The fourth-order valence-corrected chi connectivity index (χ4v) is 2.16. The van der Waals surface area contributed by atoms with Crippen LogP contribution in [0.15, 0.2) is 10.9 Å². The summed E-state index contributed by atoms with van der Waals surface area (Å²) in [6.45, 7) is 8.96. The van der Waals surface area contributed by atoms with Crippen LogP contribution in [0.4, 0.5) is 0 Å². The zero-order valence-electron chi connectivity index (χ0n) is 12.0. The van der Waals surface area contributed by atoms with E-state index in [1.165, 1.54) is 10.6 Å². The van der Waals surface area contributed by atoms with Gasteiger partial charge in [0, 0.05) is 11.8 Å². The lowest BCUT2D eigenvalue weighted by atomic mass is 10.0. The summed E-state index contributed by atoms with van der Waals surface area (Å²) >= 11 is 0. The number of hydrogen-bond donors (Lipinski definition) is 0. The topological polar surface area (TPSA) is 48.3 Å². The first-order chi connectivity index (χ1) is 8.76. The number of aromatic nitrogens is 1. The Hall–Kier alpha value is -2.02. The molecule has 1 aromatic rings. The molecule has 0 aliphatic carbocycles. The van der Waals surface area contributed by atoms with Crippen LogP contribution in [0.1, 0.15) is 42.4 Å². The van der Waals surface area contributed by atoms with Crippen LogP contribution in [0.2, 0.25) is 0 Å². The van der Waals surface area contributed by atoms with Crippen LogP contribution >= 0.6 is 0 Å². The molecule has 1 heterocycles. The van der Waals surface area contributed by atoms with E-state index in [9.17, 15) is 9.59 Å². The maximum absolute atomic E-state index is 12.1. The Balaban J connectivity index is 3.63. The maximum atomic E-state index is 12.1. The molecule has 1 aromatic heterocycles. The number of carbonyl (C=O) groups excluding carboxylic acids is 1. The number of aryl methyl sites for hydroxylation is 1. The summed E-state index contributed by atoms with van der Waals surface area (Å²) < 4.78 is 6.48. The molecule has 0 saturated carbocycles. The molecule has 0 saturated heterocycles. The van der Waals surface area contributed by atoms with Crippen molar-refractivity contribution >= 4 is 5.97 Å². The van der Waals surface area contributed by atoms with Gasteiger partial charge < -0.3 is 4.74 Å². The van der Waals surface area contributed by atoms with Crippen LogP contribution in [-0.4, -0.2) is 17.1 Å². The molecule has 1 rings (SSSR count). The summed E-state index contributed by atoms with van der Waals surface area (Å²) in [6.07, 6.45) is 5.47. The van der Waals surface area contributed by atoms with E-state index >= 15 is 0 Å². The van der Waals surface area contributed by atoms with E-state index in [-0.39, 0.29) is 12.2 Å². The molecule has 0 aromatic carbocycles. The number of terminal acetylenes is 1. The van der Waals surface area contributed by atoms with Gasteiger partial charge in [0.25, 0.3) is 5.56 Å². The summed E-state index contributed by atoms with van der Waals surface area (Å²) in [6, 6.07) is 1.42. The normalized spacial score (nSPS) is 10.9. The van der Waals surface area contributed by atoms with Crippen molar-refractivity contribution in [2.24, 2.45) is 0 Å². The van der Waals surface area contributed by atoms with Crippen molar-refractivity contribution in [2.45, 2.75) is 40.2 Å². The summed E-state index contributed by atoms with van der Waals surface area (Å²) in [5.74, 6) is 2.14. The van der Waals surface area contributed by atoms with Gasteiger partial charge in [0.1, 0.15) is 5.54 Å². The second-order valence-electron chi connectivity index (χ2n) is 4.89. The highest BCUT2D eigenvalue weighted by atomic mass is 16.5. The van der Waals surface area contributed by atoms with Crippen LogP contribution < -0.4 is 5.56 Å². The van der Waals surface area contributed by atoms with Crippen LogP contribution in [0, 0.1) is 26.2 Å². The fourth-order valence-electron chi connectivity index (χ4n) is 2.16. The van der Waals surface area contributed by atoms with Crippen molar-refractivity contribution in [2.75, 3.05) is 6.61 Å². The van der Waals surface area contributed by atoms with Gasteiger partial charge in [0.2, 0.25) is 0 Å². The summed E-state index contributed by atoms with van der Waals surface area (Å²) in [5, 5.41) is 0. The molecule has 4 nitrogen and oxygen atoms in total. The third-order valence-electron chi connectivity index (χ3n) is 3.04. The van der Waals surface area contributed by atoms with Gasteiger partial charge in [-0.3, -0.25) is 9.36 Å². The molecule has 0 fully saturated rings. The lowest BCUT2D eigenvalue weighted by Gasteiger charge is -2.25. The van der Waals surface area contributed by atoms with Gasteiger partial charge in [-0.1, -0.05) is 5.92 Å². The summed E-state index contributed by atoms with van der Waals surface area (Å²) in [4.78, 5) is 24.1. The van der Waals surface area contributed by atoms with Gasteiger partial charge in [-0.05, 0) is 40.2 Å². The third-order valence-corrected chi connectivity index (χ3v) is 3.04. The van der Waals surface area contributed by atoms with Crippen LogP contribution in [-0.2, 0) is 10.3 Å². The first kappa shape index (κ1) is 15.0. The molecule has 0 N–H and O–H groups in total. The highest BCUT2D eigenvalue weighted by molar-refractivity contribution is 5.92. The van der Waals surface area contributed by atoms with Crippen molar-refractivity contribution in [3.05, 3.63) is 33.2 Å². The number of nitrogens with zero attached hydrogens (tertiary/aromatic N) is 1. The Labute approximate surface area is 113 Å². The molecule has 0 atom stereocenters. The predicted octanol–water partition coefficient (Wildman–Crippen LogP) is 2.01. The first-order valence-electron chi connectivity index (χ1n) is 6.15. The Morgan fingerprint density at radius 3 is 2.53 bits per heavy atom. The maximum Gasteiger partial charge on any atom is 0.340 e. The fraction of sp³-hybridized carbons (Fsp3) is 0.467. The minimum absolute atomic E-state index is 0.217. The van der Waals surface area contributed by atoms with Crippen molar-refractivity contribution in [3.8, 4) is 12.3 Å². The van der Waals surface area contributed by atoms with Gasteiger partial charge in [-0.25, -0.2) is 4.79 Å². The standard InChI is InChI=1S/C15H19NO3/c1-7-15(5,6)16-11(4)13(14(18)19-8-2)10(3)9-12(16)17/h1,9H,8H2,2-6H3. The van der Waals surface area contributed by atoms with Crippen LogP contribution in [0.5, 0.6) is 0 Å². The third kappa shape index (κ3) is 2.70. The number of pyridine rings is 1. The minimum atomic E-state index is -0.796. The Kier molecular flexibility index (Phi) is 4.21. The molecule has 4 heteroatoms. The second kappa shape index (κ2) is 5.31. The molecule has 0 unspecified atom stereocenters. The molecule has 0 bridgehead atoms. The van der Waals surface area contributed by atoms with E-state index in [2.05, 4.69) is 5.92 Å². The molecule has 0 aliphatic rings. The molecule has 0 amide bonds. The minimum Gasteiger partial charge on any atom is -0.462 e. The molecule has 0 aliphatic heterocycles. The lowest BCUT2D eigenvalue weighted by Crippen LogP contribution is -2.38. The van der Waals surface area contributed by atoms with Gasteiger partial charge in [-0.2, -0.15) is 0 Å². The number of ether oxygens (including phenoxy) is 1. The summed E-state index contributed by atoms with van der Waals surface area (Å²) in [7, 11) is 0. The SMILES string of the molecule is C#CC(C)(C)n1c(C)c(C(=O)OCC)c(C)cc1=O. The zero-order valence-corrected chi connectivity index (χ0v) is 12.0. The second-order valence-corrected chi connectivity index (χ2v) is 4.89. The molecular weight excluding hydrogens is 242 g/mol. The number of rotatable bonds is 3. The van der Waals surface area contributed by atoms with Gasteiger partial charge in [0.05, 0.1) is 12.2 Å². The van der Waals surface area contributed by atoms with E-state index in [0.29, 0.717) is 16.8 Å². The van der Waals surface area contributed by atoms with E-state index in [1.54, 1.807) is 34.6 Å². The van der Waals surface area contributed by atoms with E-state index in [1.807, 2.05) is 0 Å². The smallest absolute Gasteiger partial charge is 0.340 e. The van der Waals surface area contributed by atoms with Crippen LogP contribution in [0.25, 0.3) is 0 Å². The predicted molar refractivity (Wildman–Crippen MR) is 74.3 cm³/mol. The molecule has 0 spiro atoms. The summed E-state index contributed by atoms with van der Waals surface area (Å²) in [5.41, 5.74) is 0.531. The quantitative estimate of drug-likeness (QED) is 0.617. The highest BCUT2D eigenvalue weighted by Crippen LogP contribution is 2.19. The lowest BCUT2D eigenvalue weighted by molar-refractivity contribution is 0.0523. The van der Waals surface area contributed by atoms with Gasteiger partial charge in [0.15, 0.2) is 0 Å². The molecule has 0 radical (unpaired) electrons. The number of hydrogen-bond acceptors (Lipinski definition) is 3. The molecule has 102 valence electrons. The van der Waals surface area contributed by atoms with Crippen molar-refractivity contribution in [1.82, 2.24) is 4.57 Å². The highest BCUT2D eigenvalue weighted by Gasteiger charge is 2.25. The molecular formula is C15H19NO3. The van der Waals surface area contributed by atoms with Crippen LogP contribution in [0.3, 0.4) is 0 Å². The van der Waals surface area contributed by atoms with Crippen molar-refractivity contribution < 1.29 is 9.53 Å². The molecule has 19 heavy (non-hydrogen) atoms. The number of esters is 1. The van der Waals surface area contributed by atoms with E-state index in [0.717, 1.165) is 0 Å². The first-order valence-corrected chi connectivity index (χ1v) is 6.15. The zero-order chi connectivity index (χ0) is 14.8. The van der Waals surface area contributed by atoms with Crippen molar-refractivity contribution in [1.29, 1.82) is 0 Å². The largest absolute Gasteiger partial charge is 0.462 e. The Bertz CT molecular complexity index is 603. The average Bonchev–Trinajstić information content (AvgIpc) is 2.28. The van der Waals surface area contributed by atoms with Gasteiger partial charge >= 0.3 is 5.97 Å². The van der Waals surface area contributed by atoms with Gasteiger partial charge in [-0.15, -0.1) is 6.42 Å². The van der Waals surface area contributed by atoms with E-state index in [4.69, 9.17) is 11.2 Å². The Morgan fingerprint density at radius 1 is 1.47 bits per heavy atom. The number of carbonyl (C=O) groups is 1.